The third kappa shape index (κ3) is 3.55. The predicted molar refractivity (Wildman–Crippen MR) is 97.8 cm³/mol. The van der Waals surface area contributed by atoms with Crippen LogP contribution in [0.15, 0.2) is 30.5 Å². The van der Waals surface area contributed by atoms with Gasteiger partial charge in [-0.3, -0.25) is 14.6 Å². The van der Waals surface area contributed by atoms with Gasteiger partial charge in [-0.1, -0.05) is 23.2 Å². The summed E-state index contributed by atoms with van der Waals surface area (Å²) in [6.07, 6.45) is 1.77. The van der Waals surface area contributed by atoms with E-state index in [9.17, 15) is 4.79 Å². The van der Waals surface area contributed by atoms with Crippen molar-refractivity contribution in [1.29, 1.82) is 0 Å². The summed E-state index contributed by atoms with van der Waals surface area (Å²) in [5.74, 6) is -0.160. The predicted octanol–water partition coefficient (Wildman–Crippen LogP) is 3.70. The Hall–Kier alpha value is -2.31. The molecule has 3 aromatic rings. The zero-order valence-corrected chi connectivity index (χ0v) is 15.6. The highest BCUT2D eigenvalue weighted by Crippen LogP contribution is 2.29. The molecule has 2 aromatic heterocycles. The first-order chi connectivity index (χ1) is 11.9. The van der Waals surface area contributed by atoms with Crippen molar-refractivity contribution < 1.29 is 4.79 Å². The van der Waals surface area contributed by atoms with Gasteiger partial charge in [0, 0.05) is 42.5 Å². The van der Waals surface area contributed by atoms with Crippen LogP contribution in [0, 0.1) is 6.92 Å². The van der Waals surface area contributed by atoms with Gasteiger partial charge in [0.05, 0.1) is 16.9 Å². The zero-order chi connectivity index (χ0) is 18.1. The first-order valence-corrected chi connectivity index (χ1v) is 8.36. The summed E-state index contributed by atoms with van der Waals surface area (Å²) in [5.41, 5.74) is 3.73. The van der Waals surface area contributed by atoms with Gasteiger partial charge in [0.1, 0.15) is 5.69 Å². The van der Waals surface area contributed by atoms with Gasteiger partial charge in [-0.05, 0) is 31.2 Å². The summed E-state index contributed by atoms with van der Waals surface area (Å²) < 4.78 is 1.78. The van der Waals surface area contributed by atoms with Crippen molar-refractivity contribution in [3.8, 4) is 11.3 Å². The van der Waals surface area contributed by atoms with E-state index in [0.29, 0.717) is 33.5 Å². The second-order valence-corrected chi connectivity index (χ2v) is 6.67. The maximum absolute atomic E-state index is 12.6. The summed E-state index contributed by atoms with van der Waals surface area (Å²) in [4.78, 5) is 14.2. The van der Waals surface area contributed by atoms with Crippen LogP contribution in [0.3, 0.4) is 0 Å². The Labute approximate surface area is 155 Å². The molecule has 0 atom stereocenters. The highest BCUT2D eigenvalue weighted by atomic mass is 35.5. The number of nitrogens with one attached hydrogen (secondary N) is 1. The Morgan fingerprint density at radius 2 is 2.08 bits per heavy atom. The van der Waals surface area contributed by atoms with Gasteiger partial charge in [-0.2, -0.15) is 10.2 Å². The quantitative estimate of drug-likeness (QED) is 0.753. The first kappa shape index (κ1) is 17.5. The molecule has 0 fully saturated rings. The molecule has 0 unspecified atom stereocenters. The van der Waals surface area contributed by atoms with E-state index in [4.69, 9.17) is 23.2 Å². The molecule has 0 aliphatic carbocycles. The van der Waals surface area contributed by atoms with E-state index in [0.717, 1.165) is 11.3 Å². The van der Waals surface area contributed by atoms with Crippen molar-refractivity contribution in [3.05, 3.63) is 57.5 Å². The zero-order valence-electron chi connectivity index (χ0n) is 14.0. The number of hydrogen-bond acceptors (Lipinski definition) is 3. The van der Waals surface area contributed by atoms with Crippen molar-refractivity contribution in [3.63, 3.8) is 0 Å². The number of aromatic nitrogens is 4. The lowest BCUT2D eigenvalue weighted by Crippen LogP contribution is -2.26. The Kier molecular flexibility index (Phi) is 4.83. The Morgan fingerprint density at radius 1 is 1.32 bits per heavy atom. The van der Waals surface area contributed by atoms with Crippen LogP contribution >= 0.6 is 23.2 Å². The molecule has 1 N–H and O–H groups in total. The fourth-order valence-electron chi connectivity index (χ4n) is 2.50. The molecule has 0 spiro atoms. The van der Waals surface area contributed by atoms with Crippen molar-refractivity contribution in [2.24, 2.45) is 7.05 Å². The van der Waals surface area contributed by atoms with Gasteiger partial charge in [-0.25, -0.2) is 0 Å². The number of nitrogens with zero attached hydrogens (tertiary/aromatic N) is 4. The molecule has 2 heterocycles. The Morgan fingerprint density at radius 3 is 2.72 bits per heavy atom. The van der Waals surface area contributed by atoms with Gasteiger partial charge < -0.3 is 4.90 Å². The van der Waals surface area contributed by atoms with E-state index in [1.807, 2.05) is 14.0 Å². The third-order valence-corrected chi connectivity index (χ3v) is 4.65. The fourth-order valence-corrected chi connectivity index (χ4v) is 3.00. The minimum atomic E-state index is -0.160. The van der Waals surface area contributed by atoms with Gasteiger partial charge in [-0.15, -0.1) is 0 Å². The number of H-pyrrole nitrogens is 1. The molecular weight excluding hydrogens is 361 g/mol. The standard InChI is InChI=1S/C17H17Cl2N5O/c1-10-11(8-20-24(10)3)9-23(2)17(25)16-7-15(21-22-16)13-5-4-12(18)6-14(13)19/h4-8H,9H2,1-3H3,(H,21,22). The molecule has 0 aliphatic rings. The summed E-state index contributed by atoms with van der Waals surface area (Å²) >= 11 is 12.1. The minimum Gasteiger partial charge on any atom is -0.336 e. The minimum absolute atomic E-state index is 0.160. The van der Waals surface area contributed by atoms with Gasteiger partial charge >= 0.3 is 0 Å². The number of hydrogen-bond donors (Lipinski definition) is 1. The smallest absolute Gasteiger partial charge is 0.271 e. The van der Waals surface area contributed by atoms with E-state index in [1.54, 1.807) is 47.1 Å². The summed E-state index contributed by atoms with van der Waals surface area (Å²) in [6.45, 7) is 2.44. The van der Waals surface area contributed by atoms with Crippen LogP contribution in [0.1, 0.15) is 21.7 Å². The van der Waals surface area contributed by atoms with E-state index in [2.05, 4.69) is 15.3 Å². The number of amides is 1. The third-order valence-electron chi connectivity index (χ3n) is 4.11. The number of benzene rings is 1. The monoisotopic (exact) mass is 377 g/mol. The Balaban J connectivity index is 1.79. The number of rotatable bonds is 4. The molecule has 130 valence electrons. The molecule has 3 rings (SSSR count). The van der Waals surface area contributed by atoms with Crippen molar-refractivity contribution >= 4 is 29.1 Å². The van der Waals surface area contributed by atoms with Crippen LogP contribution in [-0.2, 0) is 13.6 Å². The van der Waals surface area contributed by atoms with Crippen molar-refractivity contribution in [1.82, 2.24) is 24.9 Å². The highest BCUT2D eigenvalue weighted by molar-refractivity contribution is 6.36. The molecule has 8 heteroatoms. The van der Waals surface area contributed by atoms with E-state index in [1.165, 1.54) is 0 Å². The second-order valence-electron chi connectivity index (χ2n) is 5.83. The van der Waals surface area contributed by atoms with Crippen molar-refractivity contribution in [2.45, 2.75) is 13.5 Å². The number of aromatic amines is 1. The number of carbonyl (C=O) groups is 1. The van der Waals surface area contributed by atoms with Gasteiger partial charge in [0.2, 0.25) is 0 Å². The highest BCUT2D eigenvalue weighted by Gasteiger charge is 2.18. The lowest BCUT2D eigenvalue weighted by Gasteiger charge is -2.15. The molecule has 1 amide bonds. The number of halogens is 2. The molecular formula is C17H17Cl2N5O. The SMILES string of the molecule is Cc1c(CN(C)C(=O)c2cc(-c3ccc(Cl)cc3Cl)n[nH]2)cnn1C. The maximum Gasteiger partial charge on any atom is 0.271 e. The van der Waals surface area contributed by atoms with Crippen LogP contribution in [-0.4, -0.2) is 37.8 Å². The summed E-state index contributed by atoms with van der Waals surface area (Å²) in [7, 11) is 3.61. The normalized spacial score (nSPS) is 10.9. The Bertz CT molecular complexity index is 931. The van der Waals surface area contributed by atoms with E-state index >= 15 is 0 Å². The molecule has 0 aliphatic heterocycles. The summed E-state index contributed by atoms with van der Waals surface area (Å²) in [6, 6.07) is 6.84. The lowest BCUT2D eigenvalue weighted by molar-refractivity contribution is 0.0779. The molecule has 1 aromatic carbocycles. The topological polar surface area (TPSA) is 66.8 Å². The van der Waals surface area contributed by atoms with Crippen molar-refractivity contribution in [2.75, 3.05) is 7.05 Å². The second kappa shape index (κ2) is 6.90. The largest absolute Gasteiger partial charge is 0.336 e. The van der Waals surface area contributed by atoms with E-state index < -0.39 is 0 Å². The van der Waals surface area contributed by atoms with Gasteiger partial charge in [0.15, 0.2) is 0 Å². The molecule has 25 heavy (non-hydrogen) atoms. The van der Waals surface area contributed by atoms with Crippen LogP contribution in [0.4, 0.5) is 0 Å². The fraction of sp³-hybridized carbons (Fsp3) is 0.235. The average molecular weight is 378 g/mol. The van der Waals surface area contributed by atoms with Crippen LogP contribution in [0.2, 0.25) is 10.0 Å². The lowest BCUT2D eigenvalue weighted by atomic mass is 10.1. The molecule has 0 radical (unpaired) electrons. The molecule has 0 saturated carbocycles. The molecule has 6 nitrogen and oxygen atoms in total. The first-order valence-electron chi connectivity index (χ1n) is 7.60. The summed E-state index contributed by atoms with van der Waals surface area (Å²) in [5, 5.41) is 12.2. The van der Waals surface area contributed by atoms with Crippen LogP contribution in [0.25, 0.3) is 11.3 Å². The molecule has 0 saturated heterocycles. The van der Waals surface area contributed by atoms with Crippen LogP contribution in [0.5, 0.6) is 0 Å². The van der Waals surface area contributed by atoms with E-state index in [-0.39, 0.29) is 5.91 Å². The van der Waals surface area contributed by atoms with Crippen LogP contribution < -0.4 is 0 Å². The number of aryl methyl sites for hydroxylation is 1. The molecule has 0 bridgehead atoms. The average Bonchev–Trinajstić information content (AvgIpc) is 3.17. The van der Waals surface area contributed by atoms with Gasteiger partial charge in [0.25, 0.3) is 5.91 Å². The maximum atomic E-state index is 12.6. The number of carbonyl (C=O) groups excluding carboxylic acids is 1.